The fourth-order valence-corrected chi connectivity index (χ4v) is 7.76. The van der Waals surface area contributed by atoms with E-state index in [9.17, 15) is 33.4 Å². The van der Waals surface area contributed by atoms with E-state index >= 15 is 4.39 Å². The SMILES string of the molecule is CSC1[C@]2(COP(=O)(O)OP(=O)(O)OP(=O)(O)O)O[C@@H](n3ccc(N)nc3=O)[C@H](F)[C@@]12O. The average molecular weight is 543 g/mol. The molecule has 0 spiro atoms. The van der Waals surface area contributed by atoms with E-state index in [-0.39, 0.29) is 5.82 Å². The molecule has 2 heterocycles. The van der Waals surface area contributed by atoms with Crippen LogP contribution in [-0.2, 0) is 31.6 Å². The third-order valence-electron chi connectivity index (χ3n) is 4.64. The second kappa shape index (κ2) is 8.20. The number of alkyl halides is 1. The summed E-state index contributed by atoms with van der Waals surface area (Å²) >= 11 is 0.898. The molecule has 2 fully saturated rings. The first kappa shape index (κ1) is 25.9. The van der Waals surface area contributed by atoms with Gasteiger partial charge in [-0.3, -0.25) is 9.09 Å². The van der Waals surface area contributed by atoms with Crippen LogP contribution >= 0.6 is 35.2 Å². The van der Waals surface area contributed by atoms with Crippen molar-refractivity contribution < 1.29 is 60.6 Å². The number of rotatable bonds is 9. The Kier molecular flexibility index (Phi) is 6.64. The molecule has 182 valence electrons. The molecular weight excluding hydrogens is 526 g/mol. The molecule has 1 aromatic heterocycles. The summed E-state index contributed by atoms with van der Waals surface area (Å²) in [7, 11) is -16.9. The maximum Gasteiger partial charge on any atom is 0.490 e. The highest BCUT2D eigenvalue weighted by Crippen LogP contribution is 2.70. The van der Waals surface area contributed by atoms with Crippen LogP contribution in [0.4, 0.5) is 10.2 Å². The third kappa shape index (κ3) is 4.61. The van der Waals surface area contributed by atoms with Crippen molar-refractivity contribution in [2.24, 2.45) is 0 Å². The zero-order valence-electron chi connectivity index (χ0n) is 15.7. The maximum absolute atomic E-state index is 15.1. The highest BCUT2D eigenvalue weighted by atomic mass is 32.2. The first-order valence-electron chi connectivity index (χ1n) is 8.18. The Bertz CT molecular complexity index is 1120. The van der Waals surface area contributed by atoms with Crippen molar-refractivity contribution in [2.75, 3.05) is 18.6 Å². The molecule has 1 saturated heterocycles. The molecule has 7 N–H and O–H groups in total. The van der Waals surface area contributed by atoms with Gasteiger partial charge in [0, 0.05) is 6.20 Å². The number of thioether (sulfide) groups is 1. The predicted octanol–water partition coefficient (Wildman–Crippen LogP) is -0.749. The fraction of sp³-hybridized carbons (Fsp3) is 0.636. The maximum atomic E-state index is 15.1. The lowest BCUT2D eigenvalue weighted by atomic mass is 10.1. The van der Waals surface area contributed by atoms with E-state index < -0.39 is 64.6 Å². The Balaban J connectivity index is 1.80. The van der Waals surface area contributed by atoms with E-state index in [1.54, 1.807) is 0 Å². The van der Waals surface area contributed by atoms with E-state index in [2.05, 4.69) is 18.1 Å². The Morgan fingerprint density at radius 1 is 1.28 bits per heavy atom. The first-order chi connectivity index (χ1) is 14.5. The summed E-state index contributed by atoms with van der Waals surface area (Å²) < 4.78 is 67.1. The minimum absolute atomic E-state index is 0.159. The van der Waals surface area contributed by atoms with Gasteiger partial charge in [0.25, 0.3) is 0 Å². The lowest BCUT2D eigenvalue weighted by molar-refractivity contribution is -0.0763. The van der Waals surface area contributed by atoms with Crippen LogP contribution in [0.5, 0.6) is 0 Å². The summed E-state index contributed by atoms with van der Waals surface area (Å²) in [6.45, 7) is -1.09. The predicted molar refractivity (Wildman–Crippen MR) is 103 cm³/mol. The molecule has 0 radical (unpaired) electrons. The molecule has 3 rings (SSSR count). The Morgan fingerprint density at radius 3 is 2.44 bits per heavy atom. The number of nitrogen functional groups attached to an aromatic ring is 1. The number of aromatic nitrogens is 2. The molecule has 16 nitrogen and oxygen atoms in total. The molecule has 7 atom stereocenters. The van der Waals surface area contributed by atoms with Crippen LogP contribution in [0.3, 0.4) is 0 Å². The van der Waals surface area contributed by atoms with Gasteiger partial charge in [-0.1, -0.05) is 0 Å². The molecule has 1 aromatic rings. The third-order valence-corrected chi connectivity index (χ3v) is 9.63. The van der Waals surface area contributed by atoms with Crippen molar-refractivity contribution >= 4 is 41.0 Å². The lowest BCUT2D eigenvalue weighted by Crippen LogP contribution is -2.37. The number of aliphatic hydroxyl groups is 1. The second-order valence-electron chi connectivity index (χ2n) is 6.65. The van der Waals surface area contributed by atoms with Gasteiger partial charge in [0.2, 0.25) is 0 Å². The molecule has 32 heavy (non-hydrogen) atoms. The topological polar surface area (TPSA) is 250 Å². The number of halogens is 1. The number of hydrogen-bond donors (Lipinski definition) is 6. The van der Waals surface area contributed by atoms with Gasteiger partial charge in [-0.25, -0.2) is 22.9 Å². The van der Waals surface area contributed by atoms with Crippen LogP contribution in [0.1, 0.15) is 6.23 Å². The number of ether oxygens (including phenoxy) is 1. The molecule has 0 amide bonds. The molecule has 1 aliphatic heterocycles. The Morgan fingerprint density at radius 2 is 1.91 bits per heavy atom. The van der Waals surface area contributed by atoms with Gasteiger partial charge in [0.05, 0.1) is 11.9 Å². The Labute approximate surface area is 181 Å². The number of nitrogens with zero attached hydrogens (tertiary/aromatic N) is 2. The number of nitrogens with two attached hydrogens (primary N) is 1. The summed E-state index contributed by atoms with van der Waals surface area (Å²) in [6, 6.07) is 1.16. The number of phosphoric ester groups is 1. The monoisotopic (exact) mass is 543 g/mol. The number of hydrogen-bond acceptors (Lipinski definition) is 12. The van der Waals surface area contributed by atoms with Crippen LogP contribution in [0.2, 0.25) is 0 Å². The minimum Gasteiger partial charge on any atom is -0.383 e. The molecule has 1 aliphatic carbocycles. The van der Waals surface area contributed by atoms with Crippen LogP contribution in [0, 0.1) is 0 Å². The van der Waals surface area contributed by atoms with Crippen molar-refractivity contribution in [1.29, 1.82) is 0 Å². The molecule has 1 saturated carbocycles. The van der Waals surface area contributed by atoms with Gasteiger partial charge in [-0.2, -0.15) is 25.4 Å². The van der Waals surface area contributed by atoms with Crippen molar-refractivity contribution in [1.82, 2.24) is 9.55 Å². The van der Waals surface area contributed by atoms with E-state index in [1.807, 2.05) is 0 Å². The quantitative estimate of drug-likeness (QED) is 0.210. The van der Waals surface area contributed by atoms with Crippen molar-refractivity contribution in [2.45, 2.75) is 28.9 Å². The highest BCUT2D eigenvalue weighted by Gasteiger charge is 2.88. The standard InChI is InChI=1S/C11H17FN3O13P3S/c1-32-8-10(4-25-30(21,22)28-31(23,24)27-29(18,19)20)11(8,17)6(12)7(26-10)15-3-2-5(13)14-9(15)16/h2-3,6-8,17H,4H2,1H3,(H,21,22)(H,23,24)(H2,13,14,16)(H2,18,19,20)/t6-,7+,8?,10-,11+/m0/s1. The summed E-state index contributed by atoms with van der Waals surface area (Å²) in [5.74, 6) is -0.159. The van der Waals surface area contributed by atoms with Crippen molar-refractivity contribution in [3.63, 3.8) is 0 Å². The van der Waals surface area contributed by atoms with E-state index in [0.717, 1.165) is 24.0 Å². The zero-order valence-corrected chi connectivity index (χ0v) is 19.2. The summed E-state index contributed by atoms with van der Waals surface area (Å²) in [6.07, 6.45) is -1.46. The Hall–Kier alpha value is -0.710. The van der Waals surface area contributed by atoms with Crippen molar-refractivity contribution in [3.05, 3.63) is 22.7 Å². The average Bonchev–Trinajstić information content (AvgIpc) is 3.04. The normalized spacial score (nSPS) is 35.7. The summed E-state index contributed by atoms with van der Waals surface area (Å²) in [4.78, 5) is 51.3. The van der Waals surface area contributed by atoms with Crippen LogP contribution in [0.15, 0.2) is 17.1 Å². The minimum atomic E-state index is -5.78. The molecule has 0 aromatic carbocycles. The van der Waals surface area contributed by atoms with E-state index in [0.29, 0.717) is 4.57 Å². The van der Waals surface area contributed by atoms with Crippen molar-refractivity contribution in [3.8, 4) is 0 Å². The number of anilines is 1. The fourth-order valence-electron chi connectivity index (χ4n) is 3.40. The molecule has 0 bridgehead atoms. The summed E-state index contributed by atoms with van der Waals surface area (Å²) in [5.41, 5.74) is 0.0343. The smallest absolute Gasteiger partial charge is 0.383 e. The van der Waals surface area contributed by atoms with Gasteiger partial charge < -0.3 is 35.2 Å². The van der Waals surface area contributed by atoms with Gasteiger partial charge in [0.1, 0.15) is 17.0 Å². The largest absolute Gasteiger partial charge is 0.490 e. The van der Waals surface area contributed by atoms with E-state index in [4.69, 9.17) is 20.3 Å². The van der Waals surface area contributed by atoms with Crippen LogP contribution < -0.4 is 11.4 Å². The van der Waals surface area contributed by atoms with Gasteiger partial charge in [-0.05, 0) is 12.3 Å². The number of phosphoric acid groups is 3. The van der Waals surface area contributed by atoms with E-state index in [1.165, 1.54) is 6.26 Å². The van der Waals surface area contributed by atoms with Crippen LogP contribution in [0.25, 0.3) is 0 Å². The number of fused-ring (bicyclic) bond motifs is 1. The molecule has 3 unspecified atom stereocenters. The zero-order chi connectivity index (χ0) is 24.3. The lowest BCUT2D eigenvalue weighted by Gasteiger charge is -2.23. The first-order valence-corrected chi connectivity index (χ1v) is 14.0. The molecule has 21 heteroatoms. The molecule has 2 aliphatic rings. The van der Waals surface area contributed by atoms with Crippen LogP contribution in [-0.4, -0.2) is 69.7 Å². The summed E-state index contributed by atoms with van der Waals surface area (Å²) in [5, 5.41) is 9.74. The van der Waals surface area contributed by atoms with Gasteiger partial charge in [0.15, 0.2) is 12.4 Å². The second-order valence-corrected chi connectivity index (χ2v) is 12.0. The molecular formula is C11H17FN3O13P3S. The van der Waals surface area contributed by atoms with Gasteiger partial charge in [-0.15, -0.1) is 0 Å². The highest BCUT2D eigenvalue weighted by molar-refractivity contribution is 7.99. The van der Waals surface area contributed by atoms with Gasteiger partial charge >= 0.3 is 29.2 Å².